The van der Waals surface area contributed by atoms with Crippen LogP contribution in [0.5, 0.6) is 11.5 Å². The van der Waals surface area contributed by atoms with Crippen LogP contribution in [-0.2, 0) is 11.2 Å². The molecule has 2 N–H and O–H groups in total. The highest BCUT2D eigenvalue weighted by Crippen LogP contribution is 2.34. The second-order valence-corrected chi connectivity index (χ2v) is 5.09. The highest BCUT2D eigenvalue weighted by atomic mass is 16.5. The smallest absolute Gasteiger partial charge is 0.222 e. The first kappa shape index (κ1) is 17.1. The second-order valence-electron chi connectivity index (χ2n) is 5.09. The Morgan fingerprint density at radius 3 is 2.57 bits per heavy atom. The molecule has 0 radical (unpaired) electrons. The fourth-order valence-corrected chi connectivity index (χ4v) is 2.16. The molecule has 0 fully saturated rings. The van der Waals surface area contributed by atoms with E-state index < -0.39 is 0 Å². The van der Waals surface area contributed by atoms with Crippen LogP contribution < -0.4 is 15.2 Å². The maximum Gasteiger partial charge on any atom is 0.222 e. The van der Waals surface area contributed by atoms with Gasteiger partial charge in [-0.2, -0.15) is 0 Å². The zero-order valence-corrected chi connectivity index (χ0v) is 13.4. The third kappa shape index (κ3) is 4.85. The van der Waals surface area contributed by atoms with E-state index >= 15 is 0 Å². The second kappa shape index (κ2) is 8.39. The molecule has 21 heavy (non-hydrogen) atoms. The fourth-order valence-electron chi connectivity index (χ4n) is 2.16. The lowest BCUT2D eigenvalue weighted by Gasteiger charge is -2.17. The summed E-state index contributed by atoms with van der Waals surface area (Å²) < 4.78 is 10.5. The van der Waals surface area contributed by atoms with Gasteiger partial charge in [0.25, 0.3) is 0 Å². The van der Waals surface area contributed by atoms with Gasteiger partial charge in [0.1, 0.15) is 0 Å². The van der Waals surface area contributed by atoms with Gasteiger partial charge in [-0.3, -0.25) is 4.79 Å². The molecule has 0 spiro atoms. The normalized spacial score (nSPS) is 10.3. The molecule has 0 aliphatic heterocycles. The number of carbonyl (C=O) groups excluding carboxylic acids is 1. The van der Waals surface area contributed by atoms with Gasteiger partial charge in [-0.25, -0.2) is 0 Å². The van der Waals surface area contributed by atoms with Crippen molar-refractivity contribution in [1.29, 1.82) is 0 Å². The number of benzene rings is 1. The van der Waals surface area contributed by atoms with Crippen LogP contribution in [-0.4, -0.2) is 38.6 Å². The maximum absolute atomic E-state index is 12.0. The predicted molar refractivity (Wildman–Crippen MR) is 84.8 cm³/mol. The van der Waals surface area contributed by atoms with E-state index in [0.29, 0.717) is 30.0 Å². The average molecular weight is 294 g/mol. The number of carbonyl (C=O) groups is 1. The van der Waals surface area contributed by atoms with E-state index in [1.165, 1.54) is 0 Å². The van der Waals surface area contributed by atoms with E-state index in [-0.39, 0.29) is 5.91 Å². The van der Waals surface area contributed by atoms with E-state index in [0.717, 1.165) is 24.9 Å². The molecule has 5 nitrogen and oxygen atoms in total. The SMILES string of the molecule is CCCCN(C)C(=O)CCc1cc(N)c(OC)c(OC)c1. The molecule has 0 aliphatic carbocycles. The van der Waals surface area contributed by atoms with Crippen molar-refractivity contribution in [1.82, 2.24) is 4.90 Å². The number of ether oxygens (including phenoxy) is 2. The van der Waals surface area contributed by atoms with Gasteiger partial charge in [0.05, 0.1) is 19.9 Å². The molecule has 0 atom stereocenters. The lowest BCUT2D eigenvalue weighted by molar-refractivity contribution is -0.129. The van der Waals surface area contributed by atoms with E-state index in [1.54, 1.807) is 19.1 Å². The highest BCUT2D eigenvalue weighted by molar-refractivity contribution is 5.76. The Balaban J connectivity index is 2.67. The molecule has 0 saturated carbocycles. The van der Waals surface area contributed by atoms with Crippen LogP contribution in [0.15, 0.2) is 12.1 Å². The van der Waals surface area contributed by atoms with Crippen molar-refractivity contribution < 1.29 is 14.3 Å². The van der Waals surface area contributed by atoms with E-state index in [4.69, 9.17) is 15.2 Å². The van der Waals surface area contributed by atoms with Gasteiger partial charge < -0.3 is 20.1 Å². The molecule has 0 saturated heterocycles. The third-order valence-electron chi connectivity index (χ3n) is 3.47. The van der Waals surface area contributed by atoms with Gasteiger partial charge in [-0.1, -0.05) is 13.3 Å². The summed E-state index contributed by atoms with van der Waals surface area (Å²) in [5, 5.41) is 0. The number of hydrogen-bond acceptors (Lipinski definition) is 4. The summed E-state index contributed by atoms with van der Waals surface area (Å²) in [4.78, 5) is 13.8. The molecule has 0 bridgehead atoms. The summed E-state index contributed by atoms with van der Waals surface area (Å²) >= 11 is 0. The quantitative estimate of drug-likeness (QED) is 0.748. The van der Waals surface area contributed by atoms with Crippen molar-refractivity contribution in [2.45, 2.75) is 32.6 Å². The van der Waals surface area contributed by atoms with Gasteiger partial charge in [-0.05, 0) is 30.5 Å². The van der Waals surface area contributed by atoms with Crippen LogP contribution in [0.25, 0.3) is 0 Å². The number of methoxy groups -OCH3 is 2. The Labute approximate surface area is 127 Å². The van der Waals surface area contributed by atoms with Crippen molar-refractivity contribution >= 4 is 11.6 Å². The van der Waals surface area contributed by atoms with Crippen molar-refractivity contribution in [3.63, 3.8) is 0 Å². The monoisotopic (exact) mass is 294 g/mol. The number of rotatable bonds is 8. The number of unbranched alkanes of at least 4 members (excludes halogenated alkanes) is 1. The number of nitrogens with two attached hydrogens (primary N) is 1. The standard InChI is InChI=1S/C16H26N2O3/c1-5-6-9-18(2)15(19)8-7-12-10-13(17)16(21-4)14(11-12)20-3/h10-11H,5-9,17H2,1-4H3. The number of amides is 1. The molecular formula is C16H26N2O3. The van der Waals surface area contributed by atoms with Gasteiger partial charge in [0, 0.05) is 20.0 Å². The summed E-state index contributed by atoms with van der Waals surface area (Å²) in [6.45, 7) is 2.92. The lowest BCUT2D eigenvalue weighted by atomic mass is 10.1. The highest BCUT2D eigenvalue weighted by Gasteiger charge is 2.12. The van der Waals surface area contributed by atoms with Crippen LogP contribution in [0, 0.1) is 0 Å². The van der Waals surface area contributed by atoms with Crippen molar-refractivity contribution in [2.24, 2.45) is 0 Å². The van der Waals surface area contributed by atoms with Crippen LogP contribution in [0.2, 0.25) is 0 Å². The first-order valence-electron chi connectivity index (χ1n) is 7.27. The predicted octanol–water partition coefficient (Wildman–Crippen LogP) is 2.48. The Hall–Kier alpha value is -1.91. The number of hydrogen-bond donors (Lipinski definition) is 1. The topological polar surface area (TPSA) is 64.8 Å². The minimum atomic E-state index is 0.150. The van der Waals surface area contributed by atoms with Crippen LogP contribution >= 0.6 is 0 Å². The Morgan fingerprint density at radius 1 is 1.29 bits per heavy atom. The van der Waals surface area contributed by atoms with Crippen molar-refractivity contribution in [3.05, 3.63) is 17.7 Å². The summed E-state index contributed by atoms with van der Waals surface area (Å²) in [5.74, 6) is 1.28. The summed E-state index contributed by atoms with van der Waals surface area (Å²) in [6.07, 6.45) is 3.23. The Bertz CT molecular complexity index is 475. The Kier molecular flexibility index (Phi) is 6.85. The first-order chi connectivity index (χ1) is 10.0. The van der Waals surface area contributed by atoms with Gasteiger partial charge >= 0.3 is 0 Å². The molecule has 0 heterocycles. The molecule has 1 aromatic carbocycles. The molecule has 118 valence electrons. The molecule has 0 aliphatic rings. The van der Waals surface area contributed by atoms with Gasteiger partial charge in [0.15, 0.2) is 11.5 Å². The van der Waals surface area contributed by atoms with Crippen molar-refractivity contribution in [2.75, 3.05) is 33.5 Å². The molecule has 0 unspecified atom stereocenters. The third-order valence-corrected chi connectivity index (χ3v) is 3.47. The van der Waals surface area contributed by atoms with Crippen LogP contribution in [0.3, 0.4) is 0 Å². The fraction of sp³-hybridized carbons (Fsp3) is 0.562. The largest absolute Gasteiger partial charge is 0.493 e. The number of anilines is 1. The zero-order valence-electron chi connectivity index (χ0n) is 13.4. The van der Waals surface area contributed by atoms with Crippen LogP contribution in [0.1, 0.15) is 31.7 Å². The molecule has 5 heteroatoms. The number of aryl methyl sites for hydroxylation is 1. The van der Waals surface area contributed by atoms with E-state index in [9.17, 15) is 4.79 Å². The number of nitrogens with zero attached hydrogens (tertiary/aromatic N) is 1. The number of nitrogen functional groups attached to an aromatic ring is 1. The van der Waals surface area contributed by atoms with E-state index in [2.05, 4.69) is 6.92 Å². The molecule has 0 aromatic heterocycles. The molecule has 1 rings (SSSR count). The van der Waals surface area contributed by atoms with Gasteiger partial charge in [-0.15, -0.1) is 0 Å². The first-order valence-corrected chi connectivity index (χ1v) is 7.27. The summed E-state index contributed by atoms with van der Waals surface area (Å²) in [6, 6.07) is 3.70. The van der Waals surface area contributed by atoms with Crippen LogP contribution in [0.4, 0.5) is 5.69 Å². The molecule has 1 aromatic rings. The average Bonchev–Trinajstić information content (AvgIpc) is 2.49. The summed E-state index contributed by atoms with van der Waals surface area (Å²) in [5.41, 5.74) is 7.44. The minimum absolute atomic E-state index is 0.150. The summed E-state index contributed by atoms with van der Waals surface area (Å²) in [7, 11) is 4.98. The minimum Gasteiger partial charge on any atom is -0.493 e. The molecule has 1 amide bonds. The van der Waals surface area contributed by atoms with Crippen molar-refractivity contribution in [3.8, 4) is 11.5 Å². The zero-order chi connectivity index (χ0) is 15.8. The Morgan fingerprint density at radius 2 is 2.00 bits per heavy atom. The van der Waals surface area contributed by atoms with Gasteiger partial charge in [0.2, 0.25) is 5.91 Å². The maximum atomic E-state index is 12.0. The van der Waals surface area contributed by atoms with E-state index in [1.807, 2.05) is 19.2 Å². The lowest BCUT2D eigenvalue weighted by Crippen LogP contribution is -2.27. The molecular weight excluding hydrogens is 268 g/mol.